The average molecular weight is 518 g/mol. The number of aromatic nitrogens is 2. The molecule has 158 valence electrons. The van der Waals surface area contributed by atoms with Gasteiger partial charge in [-0.2, -0.15) is 0 Å². The Labute approximate surface area is 191 Å². The van der Waals surface area contributed by atoms with E-state index in [2.05, 4.69) is 53.6 Å². The second-order valence-corrected chi connectivity index (χ2v) is 8.26. The van der Waals surface area contributed by atoms with Gasteiger partial charge in [0.15, 0.2) is 5.69 Å². The molecule has 1 heterocycles. The molecule has 0 saturated heterocycles. The van der Waals surface area contributed by atoms with Crippen LogP contribution in [0.5, 0.6) is 11.8 Å². The molecular weight excluding hydrogens is 491 g/mol. The molecule has 0 radical (unpaired) electrons. The number of ether oxygens (including phenoxy) is 2. The lowest BCUT2D eigenvalue weighted by Crippen LogP contribution is -2.37. The van der Waals surface area contributed by atoms with E-state index in [1.807, 2.05) is 48.5 Å². The number of alkyl halides is 1. The van der Waals surface area contributed by atoms with Crippen molar-refractivity contribution in [3.8, 4) is 11.8 Å². The number of benzene rings is 2. The van der Waals surface area contributed by atoms with Crippen LogP contribution in [0.1, 0.15) is 36.4 Å². The molecule has 0 N–H and O–H groups in total. The van der Waals surface area contributed by atoms with Crippen LogP contribution in [-0.4, -0.2) is 11.6 Å². The third-order valence-electron chi connectivity index (χ3n) is 4.58. The highest BCUT2D eigenvalue weighted by molar-refractivity contribution is 14.1. The predicted octanol–water partition coefficient (Wildman–Crippen LogP) is 5.05. The van der Waals surface area contributed by atoms with Gasteiger partial charge in [-0.1, -0.05) is 97.1 Å². The highest BCUT2D eigenvalue weighted by Gasteiger charge is 2.27. The van der Waals surface area contributed by atoms with Crippen molar-refractivity contribution in [2.24, 2.45) is 5.92 Å². The fraction of sp³-hybridized carbons (Fsp3) is 0.333. The Morgan fingerprint density at radius 1 is 0.967 bits per heavy atom. The lowest BCUT2D eigenvalue weighted by molar-refractivity contribution is -0.623. The summed E-state index contributed by atoms with van der Waals surface area (Å²) in [6.45, 7) is 4.93. The monoisotopic (exact) mass is 518 g/mol. The Morgan fingerprint density at radius 3 is 2.20 bits per heavy atom. The van der Waals surface area contributed by atoms with Crippen molar-refractivity contribution >= 4 is 22.6 Å². The van der Waals surface area contributed by atoms with Crippen LogP contribution >= 0.6 is 22.6 Å². The van der Waals surface area contributed by atoms with Gasteiger partial charge in [-0.25, -0.2) is 4.98 Å². The molecule has 3 aromatic rings. The number of hydrogen-bond donors (Lipinski definition) is 0. The van der Waals surface area contributed by atoms with Crippen LogP contribution in [-0.2, 0) is 23.9 Å². The summed E-state index contributed by atoms with van der Waals surface area (Å²) in [4.78, 5) is 4.67. The Bertz CT molecular complexity index is 934. The number of hydrogen-bond acceptors (Lipinski definition) is 4. The van der Waals surface area contributed by atoms with Crippen molar-refractivity contribution in [1.29, 1.82) is 0 Å². The molecule has 0 bridgehead atoms. The third kappa shape index (κ3) is 6.08. The van der Waals surface area contributed by atoms with Crippen molar-refractivity contribution in [1.82, 2.24) is 4.98 Å². The molecule has 0 unspecified atom stereocenters. The summed E-state index contributed by atoms with van der Waals surface area (Å²) in [5.74, 6) is 0.960. The zero-order chi connectivity index (χ0) is 21.3. The maximum absolute atomic E-state index is 13.2. The molecule has 0 atom stereocenters. The molecule has 2 aromatic carbocycles. The fourth-order valence-electron chi connectivity index (χ4n) is 3.10. The molecule has 1 aromatic heterocycles. The van der Waals surface area contributed by atoms with Gasteiger partial charge in [0.05, 0.1) is 11.0 Å². The van der Waals surface area contributed by atoms with E-state index >= 15 is 0 Å². The van der Waals surface area contributed by atoms with Gasteiger partial charge >= 0.3 is 5.88 Å². The van der Waals surface area contributed by atoms with Crippen molar-refractivity contribution in [3.63, 3.8) is 0 Å². The maximum atomic E-state index is 13.2. The molecule has 6 heteroatoms. The molecule has 0 spiro atoms. The second kappa shape index (κ2) is 11.2. The summed E-state index contributed by atoms with van der Waals surface area (Å²) in [6.07, 6.45) is 1.30. The van der Waals surface area contributed by atoms with E-state index < -0.39 is 0 Å². The number of nitrogens with zero attached hydrogens (tertiary/aromatic N) is 2. The second-order valence-electron chi connectivity index (χ2n) is 7.50. The first-order valence-electron chi connectivity index (χ1n) is 10.1. The normalized spacial score (nSPS) is 10.9. The molecule has 0 saturated carbocycles. The Hall–Kier alpha value is -2.35. The van der Waals surface area contributed by atoms with Crippen LogP contribution in [0.15, 0.2) is 60.7 Å². The average Bonchev–Trinajstić information content (AvgIpc) is 2.76. The van der Waals surface area contributed by atoms with E-state index in [9.17, 15) is 5.21 Å². The fourth-order valence-corrected chi connectivity index (χ4v) is 3.60. The number of rotatable bonds is 10. The quantitative estimate of drug-likeness (QED) is 0.163. The topological polar surface area (TPSA) is 58.3 Å². The van der Waals surface area contributed by atoms with Crippen LogP contribution < -0.4 is 14.2 Å². The summed E-state index contributed by atoms with van der Waals surface area (Å²) in [6, 6.07) is 20.0. The summed E-state index contributed by atoms with van der Waals surface area (Å²) in [7, 11) is 0. The molecule has 0 fully saturated rings. The van der Waals surface area contributed by atoms with Gasteiger partial charge in [0.2, 0.25) is 0 Å². The predicted molar refractivity (Wildman–Crippen MR) is 126 cm³/mol. The zero-order valence-electron chi connectivity index (χ0n) is 17.4. The van der Waals surface area contributed by atoms with E-state index in [1.165, 1.54) is 5.56 Å². The van der Waals surface area contributed by atoms with Gasteiger partial charge in [-0.05, 0) is 17.0 Å². The molecule has 0 aliphatic carbocycles. The van der Waals surface area contributed by atoms with Crippen LogP contribution in [0.25, 0.3) is 0 Å². The summed E-state index contributed by atoms with van der Waals surface area (Å²) in [5, 5.41) is 13.2. The largest absolute Gasteiger partial charge is 0.616 e. The first-order valence-corrected chi connectivity index (χ1v) is 11.7. The van der Waals surface area contributed by atoms with Crippen molar-refractivity contribution < 1.29 is 14.2 Å². The minimum Gasteiger partial charge on any atom is -0.616 e. The van der Waals surface area contributed by atoms with Crippen molar-refractivity contribution in [2.75, 3.05) is 6.61 Å². The van der Waals surface area contributed by atoms with E-state index in [4.69, 9.17) is 9.47 Å². The molecule has 0 aliphatic rings. The van der Waals surface area contributed by atoms with Gasteiger partial charge in [0.25, 0.3) is 11.6 Å². The van der Waals surface area contributed by atoms with E-state index in [1.54, 1.807) is 0 Å². The molecule has 0 aliphatic heterocycles. The van der Waals surface area contributed by atoms with Crippen LogP contribution in [0, 0.1) is 11.1 Å². The highest BCUT2D eigenvalue weighted by atomic mass is 127. The molecule has 3 rings (SSSR count). The van der Waals surface area contributed by atoms with Gasteiger partial charge < -0.3 is 14.7 Å². The van der Waals surface area contributed by atoms with Crippen LogP contribution in [0.2, 0.25) is 0 Å². The zero-order valence-corrected chi connectivity index (χ0v) is 19.5. The SMILES string of the molecule is CC(C)Cc1c(OCc2ccccc2)nc(CI)c(OCCc2ccccc2)[n+]1[O-]. The molecule has 0 amide bonds. The summed E-state index contributed by atoms with van der Waals surface area (Å²) < 4.78 is 13.4. The van der Waals surface area contributed by atoms with Gasteiger partial charge in [-0.3, -0.25) is 0 Å². The first-order chi connectivity index (χ1) is 14.6. The van der Waals surface area contributed by atoms with E-state index in [0.29, 0.717) is 41.3 Å². The minimum absolute atomic E-state index is 0.281. The maximum Gasteiger partial charge on any atom is 0.403 e. The lowest BCUT2D eigenvalue weighted by atomic mass is 10.1. The first kappa shape index (κ1) is 22.3. The summed E-state index contributed by atoms with van der Waals surface area (Å²) >= 11 is 2.20. The highest BCUT2D eigenvalue weighted by Crippen LogP contribution is 2.25. The van der Waals surface area contributed by atoms with Gasteiger partial charge in [-0.15, -0.1) is 4.73 Å². The Balaban J connectivity index is 1.83. The number of halogens is 1. The standard InChI is InChI=1S/C24H27IN2O3/c1-18(2)15-22-23(30-17-20-11-7-4-8-12-20)26-21(16-25)24(27(22)28)29-14-13-19-9-5-3-6-10-19/h3-12,18H,13-17H2,1-2H3. The Morgan fingerprint density at radius 2 is 1.60 bits per heavy atom. The summed E-state index contributed by atoms with van der Waals surface area (Å²) in [5.41, 5.74) is 3.33. The van der Waals surface area contributed by atoms with Crippen LogP contribution in [0.3, 0.4) is 0 Å². The van der Waals surface area contributed by atoms with Crippen molar-refractivity contribution in [2.45, 2.75) is 37.7 Å². The van der Waals surface area contributed by atoms with Gasteiger partial charge in [0, 0.05) is 12.8 Å². The third-order valence-corrected chi connectivity index (χ3v) is 5.30. The van der Waals surface area contributed by atoms with Gasteiger partial charge in [0.1, 0.15) is 6.61 Å². The van der Waals surface area contributed by atoms with Crippen LogP contribution in [0.4, 0.5) is 0 Å². The molecule has 5 nitrogen and oxygen atoms in total. The van der Waals surface area contributed by atoms with E-state index in [0.717, 1.165) is 16.7 Å². The molecular formula is C24H27IN2O3. The van der Waals surface area contributed by atoms with Crippen molar-refractivity contribution in [3.05, 3.63) is 88.4 Å². The Kier molecular flexibility index (Phi) is 8.30. The minimum atomic E-state index is 0.281. The lowest BCUT2D eigenvalue weighted by Gasteiger charge is -2.17. The van der Waals surface area contributed by atoms with E-state index in [-0.39, 0.29) is 11.8 Å². The molecule has 30 heavy (non-hydrogen) atoms. The smallest absolute Gasteiger partial charge is 0.403 e.